The number of hydrogen-bond acceptors (Lipinski definition) is 2. The van der Waals surface area contributed by atoms with E-state index in [0.29, 0.717) is 6.61 Å². The van der Waals surface area contributed by atoms with E-state index >= 15 is 0 Å². The molecule has 0 aliphatic heterocycles. The second-order valence-electron chi connectivity index (χ2n) is 3.30. The molecule has 2 nitrogen and oxygen atoms in total. The lowest BCUT2D eigenvalue weighted by molar-refractivity contribution is 0.370. The minimum absolute atomic E-state index is 0.120. The van der Waals surface area contributed by atoms with Crippen LogP contribution in [0.3, 0.4) is 0 Å². The molecule has 0 spiro atoms. The average Bonchev–Trinajstić information content (AvgIpc) is 2.29. The number of ether oxygens (including phenoxy) is 1. The Kier molecular flexibility index (Phi) is 4.73. The van der Waals surface area contributed by atoms with Crippen LogP contribution in [0.2, 0.25) is 0 Å². The molecule has 0 aliphatic rings. The van der Waals surface area contributed by atoms with Crippen LogP contribution >= 0.6 is 0 Å². The van der Waals surface area contributed by atoms with Gasteiger partial charge < -0.3 is 10.5 Å². The van der Waals surface area contributed by atoms with Crippen LogP contribution in [0.25, 0.3) is 0 Å². The maximum absolute atomic E-state index is 5.90. The zero-order chi connectivity index (χ0) is 11.1. The molecule has 1 rings (SSSR count). The molecular weight excluding hydrogens is 186 g/mol. The fourth-order valence-corrected chi connectivity index (χ4v) is 1.24. The van der Waals surface area contributed by atoms with Crippen molar-refractivity contribution in [3.8, 4) is 17.6 Å². The Morgan fingerprint density at radius 2 is 2.00 bits per heavy atom. The minimum Gasteiger partial charge on any atom is -0.481 e. The first-order chi connectivity index (χ1) is 7.27. The van der Waals surface area contributed by atoms with Gasteiger partial charge in [-0.25, -0.2) is 0 Å². The van der Waals surface area contributed by atoms with E-state index in [0.717, 1.165) is 17.7 Å². The molecule has 0 saturated heterocycles. The Hall–Kier alpha value is -1.46. The third-order valence-corrected chi connectivity index (χ3v) is 2.24. The SMILES string of the molecule is CC#CCOc1ccc(C(N)CC)cc1. The average molecular weight is 203 g/mol. The van der Waals surface area contributed by atoms with Crippen LogP contribution in [0.1, 0.15) is 31.9 Å². The van der Waals surface area contributed by atoms with Crippen LogP contribution in [-0.4, -0.2) is 6.61 Å². The molecule has 0 amide bonds. The Morgan fingerprint density at radius 1 is 1.33 bits per heavy atom. The van der Waals surface area contributed by atoms with E-state index in [1.165, 1.54) is 0 Å². The number of nitrogens with two attached hydrogens (primary N) is 1. The summed E-state index contributed by atoms with van der Waals surface area (Å²) in [6, 6.07) is 7.99. The van der Waals surface area contributed by atoms with Gasteiger partial charge in [0.2, 0.25) is 0 Å². The Balaban J connectivity index is 2.58. The highest BCUT2D eigenvalue weighted by Crippen LogP contribution is 2.17. The van der Waals surface area contributed by atoms with Gasteiger partial charge >= 0.3 is 0 Å². The number of hydrogen-bond donors (Lipinski definition) is 1. The molecule has 1 unspecified atom stereocenters. The van der Waals surface area contributed by atoms with Gasteiger partial charge in [-0.2, -0.15) is 0 Å². The van der Waals surface area contributed by atoms with Crippen molar-refractivity contribution in [1.29, 1.82) is 0 Å². The van der Waals surface area contributed by atoms with Gasteiger partial charge in [0.15, 0.2) is 0 Å². The lowest BCUT2D eigenvalue weighted by Crippen LogP contribution is -2.08. The van der Waals surface area contributed by atoms with Gasteiger partial charge in [0, 0.05) is 6.04 Å². The molecule has 1 atom stereocenters. The highest BCUT2D eigenvalue weighted by Gasteiger charge is 2.02. The second-order valence-corrected chi connectivity index (χ2v) is 3.30. The molecule has 0 radical (unpaired) electrons. The number of rotatable bonds is 4. The van der Waals surface area contributed by atoms with Gasteiger partial charge in [0.05, 0.1) is 0 Å². The molecule has 0 aliphatic carbocycles. The molecule has 0 aromatic heterocycles. The zero-order valence-electron chi connectivity index (χ0n) is 9.29. The van der Waals surface area contributed by atoms with E-state index in [-0.39, 0.29) is 6.04 Å². The standard InChI is InChI=1S/C13H17NO/c1-3-5-10-15-12-8-6-11(7-9-12)13(14)4-2/h6-9,13H,4,10,14H2,1-2H3. The fourth-order valence-electron chi connectivity index (χ4n) is 1.24. The summed E-state index contributed by atoms with van der Waals surface area (Å²) in [5, 5.41) is 0. The van der Waals surface area contributed by atoms with E-state index in [4.69, 9.17) is 10.5 Å². The fraction of sp³-hybridized carbons (Fsp3) is 0.385. The minimum atomic E-state index is 0.120. The Bertz CT molecular complexity index is 345. The van der Waals surface area contributed by atoms with E-state index in [9.17, 15) is 0 Å². The Morgan fingerprint density at radius 3 is 2.53 bits per heavy atom. The lowest BCUT2D eigenvalue weighted by atomic mass is 10.1. The van der Waals surface area contributed by atoms with E-state index < -0.39 is 0 Å². The van der Waals surface area contributed by atoms with Crippen molar-refractivity contribution in [2.75, 3.05) is 6.61 Å². The summed E-state index contributed by atoms with van der Waals surface area (Å²) in [6.45, 7) is 4.31. The summed E-state index contributed by atoms with van der Waals surface area (Å²) in [7, 11) is 0. The van der Waals surface area contributed by atoms with Crippen LogP contribution in [-0.2, 0) is 0 Å². The molecule has 2 N–H and O–H groups in total. The molecule has 0 heterocycles. The molecule has 0 fully saturated rings. The predicted octanol–water partition coefficient (Wildman–Crippen LogP) is 2.50. The van der Waals surface area contributed by atoms with Crippen molar-refractivity contribution in [1.82, 2.24) is 0 Å². The van der Waals surface area contributed by atoms with Gasteiger partial charge in [0.25, 0.3) is 0 Å². The third kappa shape index (κ3) is 3.65. The summed E-state index contributed by atoms with van der Waals surface area (Å²) >= 11 is 0. The summed E-state index contributed by atoms with van der Waals surface area (Å²) in [6.07, 6.45) is 0.946. The molecule has 80 valence electrons. The lowest BCUT2D eigenvalue weighted by Gasteiger charge is -2.09. The van der Waals surface area contributed by atoms with Crippen LogP contribution in [0.5, 0.6) is 5.75 Å². The monoisotopic (exact) mass is 203 g/mol. The third-order valence-electron chi connectivity index (χ3n) is 2.24. The van der Waals surface area contributed by atoms with Crippen molar-refractivity contribution in [2.45, 2.75) is 26.3 Å². The maximum Gasteiger partial charge on any atom is 0.149 e. The van der Waals surface area contributed by atoms with Gasteiger partial charge in [-0.05, 0) is 31.0 Å². The van der Waals surface area contributed by atoms with E-state index in [1.54, 1.807) is 6.92 Å². The topological polar surface area (TPSA) is 35.2 Å². The molecule has 0 bridgehead atoms. The van der Waals surface area contributed by atoms with Crippen molar-refractivity contribution >= 4 is 0 Å². The molecule has 1 aromatic carbocycles. The van der Waals surface area contributed by atoms with Gasteiger partial charge in [0.1, 0.15) is 12.4 Å². The van der Waals surface area contributed by atoms with Crippen LogP contribution < -0.4 is 10.5 Å². The molecule has 2 heteroatoms. The molecule has 1 aromatic rings. The normalized spacial score (nSPS) is 11.4. The molecule has 15 heavy (non-hydrogen) atoms. The first kappa shape index (κ1) is 11.6. The van der Waals surface area contributed by atoms with Crippen LogP contribution in [0.4, 0.5) is 0 Å². The van der Waals surface area contributed by atoms with Crippen molar-refractivity contribution in [3.63, 3.8) is 0 Å². The summed E-state index contributed by atoms with van der Waals surface area (Å²) in [5.41, 5.74) is 7.05. The van der Waals surface area contributed by atoms with Crippen LogP contribution in [0.15, 0.2) is 24.3 Å². The number of benzene rings is 1. The quantitative estimate of drug-likeness (QED) is 0.763. The molecular formula is C13H17NO. The van der Waals surface area contributed by atoms with E-state index in [1.807, 2.05) is 24.3 Å². The van der Waals surface area contributed by atoms with Gasteiger partial charge in [-0.1, -0.05) is 25.0 Å². The van der Waals surface area contributed by atoms with Gasteiger partial charge in [-0.3, -0.25) is 0 Å². The largest absolute Gasteiger partial charge is 0.481 e. The summed E-state index contributed by atoms with van der Waals surface area (Å²) in [5.74, 6) is 6.47. The predicted molar refractivity (Wildman–Crippen MR) is 62.6 cm³/mol. The Labute approximate surface area is 91.4 Å². The maximum atomic E-state index is 5.90. The first-order valence-corrected chi connectivity index (χ1v) is 5.16. The highest BCUT2D eigenvalue weighted by atomic mass is 16.5. The smallest absolute Gasteiger partial charge is 0.149 e. The summed E-state index contributed by atoms with van der Waals surface area (Å²) < 4.78 is 5.40. The van der Waals surface area contributed by atoms with Gasteiger partial charge in [-0.15, -0.1) is 5.92 Å². The van der Waals surface area contributed by atoms with Crippen LogP contribution in [0, 0.1) is 11.8 Å². The highest BCUT2D eigenvalue weighted by molar-refractivity contribution is 5.29. The van der Waals surface area contributed by atoms with Crippen molar-refractivity contribution in [2.24, 2.45) is 5.73 Å². The van der Waals surface area contributed by atoms with E-state index in [2.05, 4.69) is 18.8 Å². The second kappa shape index (κ2) is 6.10. The zero-order valence-corrected chi connectivity index (χ0v) is 9.29. The summed E-state index contributed by atoms with van der Waals surface area (Å²) in [4.78, 5) is 0. The molecule has 0 saturated carbocycles. The first-order valence-electron chi connectivity index (χ1n) is 5.16. The van der Waals surface area contributed by atoms with Crippen molar-refractivity contribution < 1.29 is 4.74 Å². The van der Waals surface area contributed by atoms with Crippen molar-refractivity contribution in [3.05, 3.63) is 29.8 Å².